The van der Waals surface area contributed by atoms with Gasteiger partial charge in [-0.05, 0) is 54.8 Å². The van der Waals surface area contributed by atoms with Crippen molar-refractivity contribution in [1.29, 1.82) is 0 Å². The van der Waals surface area contributed by atoms with Crippen molar-refractivity contribution in [2.45, 2.75) is 12.8 Å². The first-order chi connectivity index (χ1) is 11.8. The zero-order chi connectivity index (χ0) is 16.6. The van der Waals surface area contributed by atoms with Crippen LogP contribution in [0.15, 0.2) is 79.1 Å². The van der Waals surface area contributed by atoms with Gasteiger partial charge in [0.1, 0.15) is 0 Å². The van der Waals surface area contributed by atoms with E-state index in [1.54, 1.807) is 0 Å². The minimum Gasteiger partial charge on any atom is -0.338 e. The number of hydrogen-bond acceptors (Lipinski definition) is 1. The van der Waals surface area contributed by atoms with Crippen molar-refractivity contribution in [3.05, 3.63) is 84.7 Å². The predicted octanol–water partition coefficient (Wildman–Crippen LogP) is 4.23. The smallest absolute Gasteiger partial charge is 0.319 e. The second-order valence-electron chi connectivity index (χ2n) is 5.61. The number of benzene rings is 2. The lowest BCUT2D eigenvalue weighted by Crippen LogP contribution is -2.29. The first-order valence-corrected chi connectivity index (χ1v) is 8.13. The maximum Gasteiger partial charge on any atom is 0.319 e. The molecule has 3 rings (SSSR count). The van der Waals surface area contributed by atoms with Gasteiger partial charge in [-0.1, -0.05) is 30.3 Å². The minimum atomic E-state index is -0.170. The van der Waals surface area contributed by atoms with E-state index in [9.17, 15) is 4.79 Å². The van der Waals surface area contributed by atoms with Gasteiger partial charge in [0.25, 0.3) is 0 Å². The van der Waals surface area contributed by atoms with Crippen LogP contribution in [-0.2, 0) is 6.42 Å². The Labute approximate surface area is 142 Å². The van der Waals surface area contributed by atoms with Crippen molar-refractivity contribution in [3.63, 3.8) is 0 Å². The van der Waals surface area contributed by atoms with Crippen LogP contribution < -0.4 is 10.6 Å². The molecule has 2 N–H and O–H groups in total. The number of aryl methyl sites for hydroxylation is 1. The highest BCUT2D eigenvalue weighted by Gasteiger charge is 2.02. The fourth-order valence-corrected chi connectivity index (χ4v) is 2.54. The molecule has 2 aromatic carbocycles. The molecule has 24 heavy (non-hydrogen) atoms. The average molecular weight is 319 g/mol. The average Bonchev–Trinajstić information content (AvgIpc) is 3.15. The topological polar surface area (TPSA) is 46.1 Å². The van der Waals surface area contributed by atoms with Gasteiger partial charge in [0.15, 0.2) is 0 Å². The van der Waals surface area contributed by atoms with Crippen LogP contribution in [0.25, 0.3) is 5.69 Å². The highest BCUT2D eigenvalue weighted by molar-refractivity contribution is 5.89. The Hall–Kier alpha value is -3.01. The van der Waals surface area contributed by atoms with Crippen LogP contribution in [0.2, 0.25) is 0 Å². The lowest BCUT2D eigenvalue weighted by Gasteiger charge is -2.09. The Balaban J connectivity index is 1.42. The van der Waals surface area contributed by atoms with E-state index < -0.39 is 0 Å². The zero-order valence-electron chi connectivity index (χ0n) is 13.5. The number of amides is 2. The summed E-state index contributed by atoms with van der Waals surface area (Å²) >= 11 is 0. The molecule has 4 nitrogen and oxygen atoms in total. The summed E-state index contributed by atoms with van der Waals surface area (Å²) in [5, 5.41) is 5.74. The fourth-order valence-electron chi connectivity index (χ4n) is 2.54. The molecule has 0 bridgehead atoms. The Morgan fingerprint density at radius 2 is 1.58 bits per heavy atom. The van der Waals surface area contributed by atoms with E-state index in [1.807, 2.05) is 71.6 Å². The van der Waals surface area contributed by atoms with E-state index in [0.29, 0.717) is 6.54 Å². The molecule has 1 heterocycles. The Bertz CT molecular complexity index is 749. The first kappa shape index (κ1) is 15.9. The Morgan fingerprint density at radius 3 is 2.29 bits per heavy atom. The van der Waals surface area contributed by atoms with Gasteiger partial charge in [0.2, 0.25) is 0 Å². The Kier molecular flexibility index (Phi) is 5.30. The highest BCUT2D eigenvalue weighted by atomic mass is 16.2. The molecule has 2 amide bonds. The molecule has 122 valence electrons. The van der Waals surface area contributed by atoms with Crippen LogP contribution in [0.5, 0.6) is 0 Å². The summed E-state index contributed by atoms with van der Waals surface area (Å²) in [4.78, 5) is 11.9. The number of nitrogens with zero attached hydrogens (tertiary/aromatic N) is 1. The molecular formula is C20H21N3O. The maximum absolute atomic E-state index is 11.9. The summed E-state index contributed by atoms with van der Waals surface area (Å²) < 4.78 is 2.02. The largest absolute Gasteiger partial charge is 0.338 e. The fraction of sp³-hybridized carbons (Fsp3) is 0.150. The number of aromatic nitrogens is 1. The highest BCUT2D eigenvalue weighted by Crippen LogP contribution is 2.13. The van der Waals surface area contributed by atoms with Gasteiger partial charge in [-0.3, -0.25) is 0 Å². The molecule has 1 aromatic heterocycles. The molecule has 0 saturated heterocycles. The van der Waals surface area contributed by atoms with E-state index >= 15 is 0 Å². The predicted molar refractivity (Wildman–Crippen MR) is 97.6 cm³/mol. The summed E-state index contributed by atoms with van der Waals surface area (Å²) in [5.41, 5.74) is 3.14. The van der Waals surface area contributed by atoms with Crippen LogP contribution in [0, 0.1) is 0 Å². The molecule has 0 radical (unpaired) electrons. The SMILES string of the molecule is O=C(NCCCc1ccccc1)Nc1ccc(-n2cccc2)cc1. The van der Waals surface area contributed by atoms with E-state index in [-0.39, 0.29) is 6.03 Å². The molecular weight excluding hydrogens is 298 g/mol. The summed E-state index contributed by atoms with van der Waals surface area (Å²) in [6.07, 6.45) is 5.86. The van der Waals surface area contributed by atoms with Crippen molar-refractivity contribution in [3.8, 4) is 5.69 Å². The van der Waals surface area contributed by atoms with E-state index in [2.05, 4.69) is 22.8 Å². The van der Waals surface area contributed by atoms with Crippen LogP contribution in [-0.4, -0.2) is 17.1 Å². The van der Waals surface area contributed by atoms with Crippen molar-refractivity contribution in [2.24, 2.45) is 0 Å². The normalized spacial score (nSPS) is 10.3. The van der Waals surface area contributed by atoms with Crippen LogP contribution >= 0.6 is 0 Å². The molecule has 0 saturated carbocycles. The standard InChI is InChI=1S/C20H21N3O/c24-20(21-14-6-9-17-7-2-1-3-8-17)22-18-10-12-19(13-11-18)23-15-4-5-16-23/h1-5,7-8,10-13,15-16H,6,9,14H2,(H2,21,22,24). The molecule has 0 aliphatic rings. The number of carbonyl (C=O) groups is 1. The number of rotatable bonds is 6. The number of urea groups is 1. The number of hydrogen-bond donors (Lipinski definition) is 2. The molecule has 0 spiro atoms. The molecule has 3 aromatic rings. The molecule has 0 fully saturated rings. The van der Waals surface area contributed by atoms with Crippen LogP contribution in [0.4, 0.5) is 10.5 Å². The van der Waals surface area contributed by atoms with Gasteiger partial charge in [-0.2, -0.15) is 0 Å². The van der Waals surface area contributed by atoms with Gasteiger partial charge < -0.3 is 15.2 Å². The molecule has 0 aliphatic carbocycles. The quantitative estimate of drug-likeness (QED) is 0.656. The Morgan fingerprint density at radius 1 is 0.875 bits per heavy atom. The van der Waals surface area contributed by atoms with Crippen molar-refractivity contribution in [1.82, 2.24) is 9.88 Å². The zero-order valence-corrected chi connectivity index (χ0v) is 13.5. The van der Waals surface area contributed by atoms with Crippen LogP contribution in [0.3, 0.4) is 0 Å². The third-order valence-corrected chi connectivity index (χ3v) is 3.80. The minimum absolute atomic E-state index is 0.170. The van der Waals surface area contributed by atoms with Gasteiger partial charge in [-0.15, -0.1) is 0 Å². The lowest BCUT2D eigenvalue weighted by atomic mass is 10.1. The molecule has 4 heteroatoms. The van der Waals surface area contributed by atoms with E-state index in [4.69, 9.17) is 0 Å². The van der Waals surface area contributed by atoms with Crippen LogP contribution in [0.1, 0.15) is 12.0 Å². The van der Waals surface area contributed by atoms with E-state index in [0.717, 1.165) is 24.2 Å². The number of carbonyl (C=O) groups excluding carboxylic acids is 1. The van der Waals surface area contributed by atoms with E-state index in [1.165, 1.54) is 5.56 Å². The van der Waals surface area contributed by atoms with Gasteiger partial charge in [0.05, 0.1) is 0 Å². The van der Waals surface area contributed by atoms with Gasteiger partial charge >= 0.3 is 6.03 Å². The van der Waals surface area contributed by atoms with Crippen molar-refractivity contribution in [2.75, 3.05) is 11.9 Å². The molecule has 0 aliphatic heterocycles. The van der Waals surface area contributed by atoms with Crippen molar-refractivity contribution >= 4 is 11.7 Å². The first-order valence-electron chi connectivity index (χ1n) is 8.13. The maximum atomic E-state index is 11.9. The third-order valence-electron chi connectivity index (χ3n) is 3.80. The summed E-state index contributed by atoms with van der Waals surface area (Å²) in [6.45, 7) is 0.655. The third kappa shape index (κ3) is 4.49. The second kappa shape index (κ2) is 8.02. The monoisotopic (exact) mass is 319 g/mol. The summed E-state index contributed by atoms with van der Waals surface area (Å²) in [6, 6.07) is 21.8. The molecule has 0 atom stereocenters. The number of nitrogens with one attached hydrogen (secondary N) is 2. The molecule has 0 unspecified atom stereocenters. The summed E-state index contributed by atoms with van der Waals surface area (Å²) in [7, 11) is 0. The van der Waals surface area contributed by atoms with Gasteiger partial charge in [0, 0.05) is 30.3 Å². The van der Waals surface area contributed by atoms with Gasteiger partial charge in [-0.25, -0.2) is 4.79 Å². The lowest BCUT2D eigenvalue weighted by molar-refractivity contribution is 0.252. The summed E-state index contributed by atoms with van der Waals surface area (Å²) in [5.74, 6) is 0. The second-order valence-corrected chi connectivity index (χ2v) is 5.61. The number of anilines is 1. The van der Waals surface area contributed by atoms with Crippen molar-refractivity contribution < 1.29 is 4.79 Å².